The summed E-state index contributed by atoms with van der Waals surface area (Å²) in [5.41, 5.74) is 0.926. The summed E-state index contributed by atoms with van der Waals surface area (Å²) in [6, 6.07) is 14.4. The lowest BCUT2D eigenvalue weighted by Gasteiger charge is -2.16. The molecule has 33 heavy (non-hydrogen) atoms. The van der Waals surface area contributed by atoms with Gasteiger partial charge in [-0.2, -0.15) is 0 Å². The van der Waals surface area contributed by atoms with Gasteiger partial charge in [0.1, 0.15) is 16.5 Å². The molecule has 1 amide bonds. The van der Waals surface area contributed by atoms with Crippen LogP contribution >= 0.6 is 0 Å². The van der Waals surface area contributed by atoms with Crippen molar-refractivity contribution in [2.75, 3.05) is 10.0 Å². The third kappa shape index (κ3) is 5.72. The Hall–Kier alpha value is -3.79. The topological polar surface area (TPSA) is 102 Å². The second-order valence-electron chi connectivity index (χ2n) is 7.08. The first-order chi connectivity index (χ1) is 15.6. The number of rotatable bonds is 7. The molecule has 172 valence electrons. The molecule has 0 aliphatic carbocycles. The van der Waals surface area contributed by atoms with Crippen molar-refractivity contribution >= 4 is 33.3 Å². The second-order valence-corrected chi connectivity index (χ2v) is 8.73. The monoisotopic (exact) mass is 474 g/mol. The van der Waals surface area contributed by atoms with Gasteiger partial charge in [0.05, 0.1) is 11.3 Å². The molecule has 0 bridgehead atoms. The summed E-state index contributed by atoms with van der Waals surface area (Å²) in [5.74, 6) is -3.68. The Balaban J connectivity index is 1.78. The Kier molecular flexibility index (Phi) is 7.07. The Labute approximate surface area is 189 Å². The van der Waals surface area contributed by atoms with Gasteiger partial charge in [-0.3, -0.25) is 9.52 Å². The highest BCUT2D eigenvalue weighted by Crippen LogP contribution is 2.24. The van der Waals surface area contributed by atoms with Crippen LogP contribution in [-0.4, -0.2) is 26.4 Å². The van der Waals surface area contributed by atoms with E-state index in [2.05, 4.69) is 10.0 Å². The summed E-state index contributed by atoms with van der Waals surface area (Å²) in [4.78, 5) is 24.2. The number of hydrogen-bond acceptors (Lipinski definition) is 5. The third-order valence-electron chi connectivity index (χ3n) is 4.63. The number of benzene rings is 3. The van der Waals surface area contributed by atoms with E-state index in [1.807, 2.05) is 6.07 Å². The van der Waals surface area contributed by atoms with Crippen molar-refractivity contribution in [2.45, 2.75) is 24.8 Å². The number of ether oxygens (including phenoxy) is 1. The maximum Gasteiger partial charge on any atom is 0.341 e. The predicted octanol–water partition coefficient (Wildman–Crippen LogP) is 4.26. The van der Waals surface area contributed by atoms with Gasteiger partial charge in [0.25, 0.3) is 15.9 Å². The highest BCUT2D eigenvalue weighted by atomic mass is 32.2. The molecule has 0 heterocycles. The van der Waals surface area contributed by atoms with Crippen LogP contribution in [0, 0.1) is 18.6 Å². The fourth-order valence-electron chi connectivity index (χ4n) is 2.86. The van der Waals surface area contributed by atoms with Crippen molar-refractivity contribution < 1.29 is 31.5 Å². The van der Waals surface area contributed by atoms with Crippen LogP contribution in [0.2, 0.25) is 0 Å². The highest BCUT2D eigenvalue weighted by Gasteiger charge is 2.25. The lowest BCUT2D eigenvalue weighted by Crippen LogP contribution is -2.30. The maximum absolute atomic E-state index is 14.0. The van der Waals surface area contributed by atoms with Crippen molar-refractivity contribution in [2.24, 2.45) is 0 Å². The van der Waals surface area contributed by atoms with E-state index in [-0.39, 0.29) is 11.3 Å². The minimum Gasteiger partial charge on any atom is -0.449 e. The molecule has 1 atom stereocenters. The number of carbonyl (C=O) groups is 2. The van der Waals surface area contributed by atoms with E-state index in [9.17, 15) is 26.8 Å². The molecule has 3 aromatic carbocycles. The molecule has 7 nitrogen and oxygen atoms in total. The van der Waals surface area contributed by atoms with Crippen LogP contribution in [-0.2, 0) is 19.6 Å². The van der Waals surface area contributed by atoms with Gasteiger partial charge < -0.3 is 10.1 Å². The minimum absolute atomic E-state index is 0.214. The summed E-state index contributed by atoms with van der Waals surface area (Å²) < 4.78 is 59.8. The molecule has 0 aromatic heterocycles. The Morgan fingerprint density at radius 2 is 1.58 bits per heavy atom. The number of anilines is 2. The van der Waals surface area contributed by atoms with Crippen LogP contribution in [0.5, 0.6) is 0 Å². The molecular weight excluding hydrogens is 454 g/mol. The number of nitrogens with one attached hydrogen (secondary N) is 2. The number of esters is 1. The molecule has 0 saturated heterocycles. The van der Waals surface area contributed by atoms with Crippen molar-refractivity contribution in [1.29, 1.82) is 0 Å². The van der Waals surface area contributed by atoms with Crippen molar-refractivity contribution in [3.63, 3.8) is 0 Å². The van der Waals surface area contributed by atoms with Gasteiger partial charge in [0.2, 0.25) is 0 Å². The smallest absolute Gasteiger partial charge is 0.341 e. The molecule has 3 aromatic rings. The number of hydrogen-bond donors (Lipinski definition) is 2. The van der Waals surface area contributed by atoms with Crippen molar-refractivity contribution in [3.8, 4) is 0 Å². The Morgan fingerprint density at radius 1 is 0.939 bits per heavy atom. The first-order valence-corrected chi connectivity index (χ1v) is 11.2. The summed E-state index contributed by atoms with van der Waals surface area (Å²) in [7, 11) is -4.56. The maximum atomic E-state index is 14.0. The Morgan fingerprint density at radius 3 is 2.27 bits per heavy atom. The van der Waals surface area contributed by atoms with Crippen LogP contribution in [0.25, 0.3) is 0 Å². The lowest BCUT2D eigenvalue weighted by molar-refractivity contribution is -0.123. The number of carbonyl (C=O) groups excluding carboxylic acids is 2. The van der Waals surface area contributed by atoms with Gasteiger partial charge in [0.15, 0.2) is 6.10 Å². The fraction of sp³-hybridized carbons (Fsp3) is 0.130. The Bertz CT molecular complexity index is 1310. The van der Waals surface area contributed by atoms with Gasteiger partial charge in [0, 0.05) is 5.69 Å². The zero-order valence-corrected chi connectivity index (χ0v) is 18.5. The quantitative estimate of drug-likeness (QED) is 0.499. The molecule has 0 fully saturated rings. The van der Waals surface area contributed by atoms with Gasteiger partial charge in [-0.25, -0.2) is 22.0 Å². The van der Waals surface area contributed by atoms with E-state index >= 15 is 0 Å². The summed E-state index contributed by atoms with van der Waals surface area (Å²) in [6.07, 6.45) is -1.21. The largest absolute Gasteiger partial charge is 0.449 e. The highest BCUT2D eigenvalue weighted by molar-refractivity contribution is 7.92. The van der Waals surface area contributed by atoms with Gasteiger partial charge in [-0.15, -0.1) is 0 Å². The average Bonchev–Trinajstić information content (AvgIpc) is 2.76. The molecule has 3 rings (SSSR count). The second kappa shape index (κ2) is 9.78. The van der Waals surface area contributed by atoms with Crippen LogP contribution in [0.1, 0.15) is 22.8 Å². The summed E-state index contributed by atoms with van der Waals surface area (Å²) >= 11 is 0. The molecular formula is C23H20F2N2O5S. The van der Waals surface area contributed by atoms with Crippen LogP contribution < -0.4 is 10.0 Å². The molecule has 0 radical (unpaired) electrons. The fourth-order valence-corrected chi connectivity index (χ4v) is 4.03. The first-order valence-electron chi connectivity index (χ1n) is 9.73. The van der Waals surface area contributed by atoms with E-state index in [4.69, 9.17) is 4.74 Å². The van der Waals surface area contributed by atoms with Crippen LogP contribution in [0.15, 0.2) is 71.6 Å². The zero-order valence-electron chi connectivity index (χ0n) is 17.6. The van der Waals surface area contributed by atoms with Crippen molar-refractivity contribution in [1.82, 2.24) is 0 Å². The normalized spacial score (nSPS) is 12.0. The van der Waals surface area contributed by atoms with Gasteiger partial charge in [-0.05, 0) is 55.8 Å². The van der Waals surface area contributed by atoms with E-state index in [0.29, 0.717) is 17.8 Å². The van der Waals surface area contributed by atoms with E-state index in [0.717, 1.165) is 11.6 Å². The molecule has 0 saturated carbocycles. The van der Waals surface area contributed by atoms with E-state index in [1.165, 1.54) is 31.2 Å². The van der Waals surface area contributed by atoms with Crippen molar-refractivity contribution in [3.05, 3.63) is 89.5 Å². The molecule has 1 unspecified atom stereocenters. The summed E-state index contributed by atoms with van der Waals surface area (Å²) in [6.45, 7) is 3.16. The summed E-state index contributed by atoms with van der Waals surface area (Å²) in [5, 5.41) is 2.65. The molecule has 0 spiro atoms. The lowest BCUT2D eigenvalue weighted by atomic mass is 10.2. The third-order valence-corrected chi connectivity index (χ3v) is 6.01. The van der Waals surface area contributed by atoms with E-state index < -0.39 is 44.5 Å². The van der Waals surface area contributed by atoms with Crippen LogP contribution in [0.4, 0.5) is 20.2 Å². The first kappa shape index (κ1) is 23.9. The average molecular weight is 474 g/mol. The van der Waals surface area contributed by atoms with Gasteiger partial charge >= 0.3 is 5.97 Å². The number of sulfonamides is 1. The van der Waals surface area contributed by atoms with Crippen LogP contribution in [0.3, 0.4) is 0 Å². The number of para-hydroxylation sites is 2. The van der Waals surface area contributed by atoms with E-state index in [1.54, 1.807) is 25.1 Å². The SMILES string of the molecule is Cc1ccccc1NC(=O)C(C)OC(=O)c1ccccc1NS(=O)(=O)c1cc(F)ccc1F. The molecule has 2 N–H and O–H groups in total. The predicted molar refractivity (Wildman–Crippen MR) is 118 cm³/mol. The number of aryl methyl sites for hydroxylation is 1. The van der Waals surface area contributed by atoms with Gasteiger partial charge in [-0.1, -0.05) is 30.3 Å². The standard InChI is InChI=1S/C23H20F2N2O5S/c1-14-7-3-5-9-19(14)26-22(28)15(2)32-23(29)17-8-4-6-10-20(17)27-33(30,31)21-13-16(24)11-12-18(21)25/h3-13,15,27H,1-2H3,(H,26,28). The molecule has 10 heteroatoms. The molecule has 0 aliphatic rings. The number of halogens is 2. The zero-order chi connectivity index (χ0) is 24.2. The number of amides is 1. The molecule has 0 aliphatic heterocycles. The minimum atomic E-state index is -4.56.